The monoisotopic (exact) mass is 320 g/mol. The van der Waals surface area contributed by atoms with Crippen molar-refractivity contribution in [3.63, 3.8) is 0 Å². The number of carbonyl (C=O) groups is 1. The van der Waals surface area contributed by atoms with Crippen LogP contribution in [0, 0.1) is 0 Å². The third kappa shape index (κ3) is 4.15. The Balaban J connectivity index is 2.29. The average Bonchev–Trinajstić information content (AvgIpc) is 2.46. The predicted molar refractivity (Wildman–Crippen MR) is 84.9 cm³/mol. The number of ether oxygens (including phenoxy) is 2. The third-order valence-corrected chi connectivity index (χ3v) is 3.13. The zero-order chi connectivity index (χ0) is 16.1. The molecule has 0 atom stereocenters. The number of hydrogen-bond acceptors (Lipinski definition) is 3. The van der Waals surface area contributed by atoms with Gasteiger partial charge in [-0.3, -0.25) is 0 Å². The van der Waals surface area contributed by atoms with E-state index in [2.05, 4.69) is 0 Å². The van der Waals surface area contributed by atoms with Crippen LogP contribution in [0.5, 0.6) is 11.5 Å². The van der Waals surface area contributed by atoms with Crippen molar-refractivity contribution >= 4 is 17.6 Å². The lowest BCUT2D eigenvalue weighted by molar-refractivity contribution is 0.0696. The van der Waals surface area contributed by atoms with Gasteiger partial charge in [0.1, 0.15) is 6.61 Å². The van der Waals surface area contributed by atoms with Gasteiger partial charge in [0, 0.05) is 0 Å². The smallest absolute Gasteiger partial charge is 0.335 e. The van der Waals surface area contributed by atoms with Crippen LogP contribution in [0.3, 0.4) is 0 Å². The minimum absolute atomic E-state index is 0.0627. The first kappa shape index (κ1) is 16.2. The number of aromatic carboxylic acids is 1. The number of carboxylic acids is 1. The van der Waals surface area contributed by atoms with Gasteiger partial charge in [-0.15, -0.1) is 0 Å². The van der Waals surface area contributed by atoms with Gasteiger partial charge < -0.3 is 14.6 Å². The standard InChI is InChI=1S/C17H17ClO4/c1-11(2)22-15-9-13(17(19)20)8-14(18)16(15)21-10-12-6-4-3-5-7-12/h3-9,11H,10H2,1-2H3,(H,19,20). The second-order valence-electron chi connectivity index (χ2n) is 5.03. The van der Waals surface area contributed by atoms with Crippen molar-refractivity contribution in [1.29, 1.82) is 0 Å². The Bertz CT molecular complexity index is 653. The fourth-order valence-electron chi connectivity index (χ4n) is 1.90. The van der Waals surface area contributed by atoms with E-state index in [0.29, 0.717) is 18.1 Å². The molecule has 2 aromatic rings. The maximum atomic E-state index is 11.1. The summed E-state index contributed by atoms with van der Waals surface area (Å²) in [5, 5.41) is 9.33. The van der Waals surface area contributed by atoms with Crippen LogP contribution in [0.1, 0.15) is 29.8 Å². The van der Waals surface area contributed by atoms with Gasteiger partial charge in [0.2, 0.25) is 0 Å². The molecule has 2 aromatic carbocycles. The molecule has 22 heavy (non-hydrogen) atoms. The number of halogens is 1. The molecular weight excluding hydrogens is 304 g/mol. The van der Waals surface area contributed by atoms with Crippen LogP contribution in [-0.2, 0) is 6.61 Å². The van der Waals surface area contributed by atoms with Crippen LogP contribution in [0.25, 0.3) is 0 Å². The molecule has 0 aliphatic rings. The van der Waals surface area contributed by atoms with Crippen molar-refractivity contribution in [2.75, 3.05) is 0 Å². The molecule has 5 heteroatoms. The SMILES string of the molecule is CC(C)Oc1cc(C(=O)O)cc(Cl)c1OCc1ccccc1. The Kier molecular flexibility index (Phi) is 5.28. The summed E-state index contributed by atoms with van der Waals surface area (Å²) in [5.41, 5.74) is 1.05. The van der Waals surface area contributed by atoms with Crippen molar-refractivity contribution in [2.45, 2.75) is 26.6 Å². The van der Waals surface area contributed by atoms with Crippen molar-refractivity contribution in [3.8, 4) is 11.5 Å². The van der Waals surface area contributed by atoms with Gasteiger partial charge in [-0.1, -0.05) is 41.9 Å². The second-order valence-corrected chi connectivity index (χ2v) is 5.44. The van der Waals surface area contributed by atoms with E-state index in [1.807, 2.05) is 44.2 Å². The molecule has 0 heterocycles. The van der Waals surface area contributed by atoms with E-state index in [1.54, 1.807) is 0 Å². The molecule has 116 valence electrons. The van der Waals surface area contributed by atoms with E-state index in [4.69, 9.17) is 26.2 Å². The predicted octanol–water partition coefficient (Wildman–Crippen LogP) is 4.40. The molecule has 0 aromatic heterocycles. The van der Waals surface area contributed by atoms with Gasteiger partial charge in [0.05, 0.1) is 16.7 Å². The highest BCUT2D eigenvalue weighted by Crippen LogP contribution is 2.37. The third-order valence-electron chi connectivity index (χ3n) is 2.85. The molecule has 0 fully saturated rings. The number of benzene rings is 2. The van der Waals surface area contributed by atoms with Crippen molar-refractivity contribution in [3.05, 3.63) is 58.6 Å². The molecule has 0 aliphatic carbocycles. The molecule has 0 bridgehead atoms. The zero-order valence-corrected chi connectivity index (χ0v) is 13.1. The molecule has 2 rings (SSSR count). The van der Waals surface area contributed by atoms with E-state index in [0.717, 1.165) is 5.56 Å². The maximum Gasteiger partial charge on any atom is 0.335 e. The van der Waals surface area contributed by atoms with E-state index in [9.17, 15) is 4.79 Å². The molecule has 0 unspecified atom stereocenters. The van der Waals surface area contributed by atoms with Gasteiger partial charge in [-0.2, -0.15) is 0 Å². The highest BCUT2D eigenvalue weighted by atomic mass is 35.5. The molecule has 0 radical (unpaired) electrons. The Labute approximate surface area is 134 Å². The number of carboxylic acid groups (broad SMARTS) is 1. The highest BCUT2D eigenvalue weighted by Gasteiger charge is 2.17. The zero-order valence-electron chi connectivity index (χ0n) is 12.4. The fourth-order valence-corrected chi connectivity index (χ4v) is 2.17. The summed E-state index contributed by atoms with van der Waals surface area (Å²) in [5.74, 6) is -0.384. The molecule has 0 amide bonds. The van der Waals surface area contributed by atoms with Gasteiger partial charge in [-0.25, -0.2) is 4.79 Å². The van der Waals surface area contributed by atoms with Crippen molar-refractivity contribution in [2.24, 2.45) is 0 Å². The Morgan fingerprint density at radius 3 is 2.50 bits per heavy atom. The number of rotatable bonds is 6. The Morgan fingerprint density at radius 2 is 1.91 bits per heavy atom. The molecule has 0 spiro atoms. The van der Waals surface area contributed by atoms with Crippen LogP contribution in [0.4, 0.5) is 0 Å². The van der Waals surface area contributed by atoms with E-state index in [1.165, 1.54) is 12.1 Å². The van der Waals surface area contributed by atoms with Gasteiger partial charge >= 0.3 is 5.97 Å². The minimum Gasteiger partial charge on any atom is -0.487 e. The average molecular weight is 321 g/mol. The maximum absolute atomic E-state index is 11.1. The number of hydrogen-bond donors (Lipinski definition) is 1. The summed E-state index contributed by atoms with van der Waals surface area (Å²) < 4.78 is 11.4. The molecule has 4 nitrogen and oxygen atoms in total. The fraction of sp³-hybridized carbons (Fsp3) is 0.235. The lowest BCUT2D eigenvalue weighted by atomic mass is 10.2. The minimum atomic E-state index is -1.06. The molecule has 0 saturated heterocycles. The van der Waals surface area contributed by atoms with Crippen LogP contribution >= 0.6 is 11.6 Å². The first-order chi connectivity index (χ1) is 10.5. The lowest BCUT2D eigenvalue weighted by Crippen LogP contribution is -2.09. The van der Waals surface area contributed by atoms with E-state index >= 15 is 0 Å². The summed E-state index contributed by atoms with van der Waals surface area (Å²) in [6, 6.07) is 12.4. The first-order valence-corrected chi connectivity index (χ1v) is 7.25. The molecule has 0 saturated carbocycles. The second kappa shape index (κ2) is 7.18. The van der Waals surface area contributed by atoms with Crippen LogP contribution in [0.2, 0.25) is 5.02 Å². The van der Waals surface area contributed by atoms with Gasteiger partial charge in [0.15, 0.2) is 11.5 Å². The van der Waals surface area contributed by atoms with E-state index in [-0.39, 0.29) is 16.7 Å². The lowest BCUT2D eigenvalue weighted by Gasteiger charge is -2.17. The summed E-state index contributed by atoms with van der Waals surface area (Å²) in [6.45, 7) is 4.02. The Hall–Kier alpha value is -2.20. The van der Waals surface area contributed by atoms with Crippen molar-refractivity contribution in [1.82, 2.24) is 0 Å². The first-order valence-electron chi connectivity index (χ1n) is 6.87. The largest absolute Gasteiger partial charge is 0.487 e. The highest BCUT2D eigenvalue weighted by molar-refractivity contribution is 6.32. The molecule has 1 N–H and O–H groups in total. The van der Waals surface area contributed by atoms with Crippen molar-refractivity contribution < 1.29 is 19.4 Å². The quantitative estimate of drug-likeness (QED) is 0.856. The summed E-state index contributed by atoms with van der Waals surface area (Å²) in [4.78, 5) is 11.1. The van der Waals surface area contributed by atoms with Crippen LogP contribution in [-0.4, -0.2) is 17.2 Å². The summed E-state index contributed by atoms with van der Waals surface area (Å²) in [7, 11) is 0. The van der Waals surface area contributed by atoms with Gasteiger partial charge in [0.25, 0.3) is 0 Å². The summed E-state index contributed by atoms with van der Waals surface area (Å²) >= 11 is 6.16. The van der Waals surface area contributed by atoms with Crippen LogP contribution < -0.4 is 9.47 Å². The van der Waals surface area contributed by atoms with E-state index < -0.39 is 5.97 Å². The Morgan fingerprint density at radius 1 is 1.23 bits per heavy atom. The van der Waals surface area contributed by atoms with Gasteiger partial charge in [-0.05, 0) is 31.5 Å². The topological polar surface area (TPSA) is 55.8 Å². The molecular formula is C17H17ClO4. The normalized spacial score (nSPS) is 10.5. The van der Waals surface area contributed by atoms with Crippen LogP contribution in [0.15, 0.2) is 42.5 Å². The summed E-state index contributed by atoms with van der Waals surface area (Å²) in [6.07, 6.45) is -0.126. The molecule has 0 aliphatic heterocycles.